The van der Waals surface area contributed by atoms with E-state index in [0.29, 0.717) is 6.29 Å². The number of hydrogen-bond acceptors (Lipinski definition) is 4. The van der Waals surface area contributed by atoms with Crippen LogP contribution in [0.5, 0.6) is 0 Å². The maximum absolute atomic E-state index is 11.0. The van der Waals surface area contributed by atoms with Gasteiger partial charge in [-0.3, -0.25) is 14.6 Å². The van der Waals surface area contributed by atoms with Crippen LogP contribution in [0.1, 0.15) is 20.7 Å². The van der Waals surface area contributed by atoms with Gasteiger partial charge in [-0.2, -0.15) is 0 Å². The van der Waals surface area contributed by atoms with Crippen LogP contribution in [0.15, 0.2) is 21.3 Å². The molecule has 1 amide bonds. The summed E-state index contributed by atoms with van der Waals surface area (Å²) in [4.78, 5) is 34.8. The summed E-state index contributed by atoms with van der Waals surface area (Å²) >= 11 is 0. The first kappa shape index (κ1) is 9.20. The van der Waals surface area contributed by atoms with Crippen molar-refractivity contribution in [3.05, 3.63) is 33.8 Å². The highest BCUT2D eigenvalue weighted by Crippen LogP contribution is 2.16. The first-order chi connectivity index (χ1) is 7.11. The van der Waals surface area contributed by atoms with Crippen molar-refractivity contribution in [2.24, 2.45) is 5.73 Å². The minimum atomic E-state index is -0.735. The zero-order chi connectivity index (χ0) is 11.0. The molecule has 0 aliphatic rings. The highest BCUT2D eigenvalue weighted by molar-refractivity contribution is 6.05. The Morgan fingerprint density at radius 1 is 1.47 bits per heavy atom. The van der Waals surface area contributed by atoms with E-state index in [1.807, 2.05) is 0 Å². The molecule has 0 aliphatic carbocycles. The molecule has 0 saturated carbocycles. The van der Waals surface area contributed by atoms with Gasteiger partial charge in [-0.25, -0.2) is 4.79 Å². The molecule has 0 radical (unpaired) electrons. The molecule has 0 atom stereocenters. The molecule has 0 bridgehead atoms. The zero-order valence-corrected chi connectivity index (χ0v) is 7.44. The Bertz CT molecular complexity index is 608. The lowest BCUT2D eigenvalue weighted by Gasteiger charge is -1.97. The fourth-order valence-corrected chi connectivity index (χ4v) is 1.34. The van der Waals surface area contributed by atoms with Gasteiger partial charge in [0, 0.05) is 5.56 Å². The number of carbonyl (C=O) groups excluding carboxylic acids is 2. The Labute approximate surface area is 82.7 Å². The highest BCUT2D eigenvalue weighted by Gasteiger charge is 2.12. The van der Waals surface area contributed by atoms with Gasteiger partial charge in [-0.1, -0.05) is 0 Å². The van der Waals surface area contributed by atoms with Crippen LogP contribution in [0.3, 0.4) is 0 Å². The van der Waals surface area contributed by atoms with Crippen LogP contribution in [0, 0.1) is 0 Å². The summed E-state index contributed by atoms with van der Waals surface area (Å²) in [7, 11) is 0. The molecule has 0 spiro atoms. The molecule has 15 heavy (non-hydrogen) atoms. The predicted octanol–water partition coefficient (Wildman–Crippen LogP) is 0.0325. The van der Waals surface area contributed by atoms with Crippen LogP contribution in [-0.4, -0.2) is 17.2 Å². The third kappa shape index (κ3) is 1.41. The van der Waals surface area contributed by atoms with Crippen LogP contribution in [0.4, 0.5) is 0 Å². The van der Waals surface area contributed by atoms with E-state index in [-0.39, 0.29) is 22.2 Å². The van der Waals surface area contributed by atoms with E-state index in [2.05, 4.69) is 4.98 Å². The van der Waals surface area contributed by atoms with Gasteiger partial charge in [-0.05, 0) is 12.1 Å². The molecule has 0 fully saturated rings. The first-order valence-electron chi connectivity index (χ1n) is 4.03. The molecule has 2 rings (SSSR count). The van der Waals surface area contributed by atoms with Crippen molar-refractivity contribution < 1.29 is 14.0 Å². The SMILES string of the molecule is NC(=O)c1cc(C=O)cc2oc(=O)[nH]c12. The van der Waals surface area contributed by atoms with Gasteiger partial charge in [-0.15, -0.1) is 0 Å². The van der Waals surface area contributed by atoms with Gasteiger partial charge >= 0.3 is 5.76 Å². The summed E-state index contributed by atoms with van der Waals surface area (Å²) in [6, 6.07) is 2.65. The van der Waals surface area contributed by atoms with E-state index in [4.69, 9.17) is 10.2 Å². The average Bonchev–Trinajstić information content (AvgIpc) is 2.55. The van der Waals surface area contributed by atoms with E-state index < -0.39 is 11.7 Å². The Balaban J connectivity index is 2.91. The van der Waals surface area contributed by atoms with E-state index in [1.165, 1.54) is 12.1 Å². The topological polar surface area (TPSA) is 106 Å². The van der Waals surface area contributed by atoms with Crippen LogP contribution in [0.25, 0.3) is 11.1 Å². The second-order valence-electron chi connectivity index (χ2n) is 2.94. The van der Waals surface area contributed by atoms with E-state index >= 15 is 0 Å². The number of nitrogens with two attached hydrogens (primary N) is 1. The fraction of sp³-hybridized carbons (Fsp3) is 0. The molecular weight excluding hydrogens is 200 g/mol. The van der Waals surface area contributed by atoms with Crippen molar-refractivity contribution >= 4 is 23.3 Å². The third-order valence-electron chi connectivity index (χ3n) is 1.96. The molecule has 0 aliphatic heterocycles. The molecule has 6 heteroatoms. The smallest absolute Gasteiger partial charge is 0.408 e. The van der Waals surface area contributed by atoms with Gasteiger partial charge in [0.15, 0.2) is 5.58 Å². The predicted molar refractivity (Wildman–Crippen MR) is 50.7 cm³/mol. The van der Waals surface area contributed by atoms with Crippen molar-refractivity contribution in [3.8, 4) is 0 Å². The van der Waals surface area contributed by atoms with Crippen molar-refractivity contribution in [3.63, 3.8) is 0 Å². The lowest BCUT2D eigenvalue weighted by atomic mass is 10.1. The van der Waals surface area contributed by atoms with Crippen LogP contribution >= 0.6 is 0 Å². The van der Waals surface area contributed by atoms with Crippen molar-refractivity contribution in [1.82, 2.24) is 4.98 Å². The molecule has 1 aromatic heterocycles. The lowest BCUT2D eigenvalue weighted by Crippen LogP contribution is -2.12. The lowest BCUT2D eigenvalue weighted by molar-refractivity contribution is 0.100. The monoisotopic (exact) mass is 206 g/mol. The number of fused-ring (bicyclic) bond motifs is 1. The number of aldehydes is 1. The number of primary amides is 1. The van der Waals surface area contributed by atoms with E-state index in [0.717, 1.165) is 0 Å². The fourth-order valence-electron chi connectivity index (χ4n) is 1.34. The number of aromatic amines is 1. The number of rotatable bonds is 2. The standard InChI is InChI=1S/C9H6N2O4/c10-8(13)5-1-4(3-12)2-6-7(5)11-9(14)15-6/h1-3H,(H2,10,13)(H,11,14). The molecule has 1 aromatic carbocycles. The molecule has 0 unspecified atom stereocenters. The number of carbonyl (C=O) groups is 2. The number of H-pyrrole nitrogens is 1. The average molecular weight is 206 g/mol. The Morgan fingerprint density at radius 3 is 2.80 bits per heavy atom. The van der Waals surface area contributed by atoms with Gasteiger partial charge < -0.3 is 10.2 Å². The van der Waals surface area contributed by atoms with Crippen molar-refractivity contribution in [2.45, 2.75) is 0 Å². The Kier molecular flexibility index (Phi) is 1.89. The minimum absolute atomic E-state index is 0.0560. The van der Waals surface area contributed by atoms with Gasteiger partial charge in [0.2, 0.25) is 0 Å². The number of nitrogens with one attached hydrogen (secondary N) is 1. The van der Waals surface area contributed by atoms with Crippen molar-refractivity contribution in [1.29, 1.82) is 0 Å². The molecule has 76 valence electrons. The van der Waals surface area contributed by atoms with Crippen molar-refractivity contribution in [2.75, 3.05) is 0 Å². The number of benzene rings is 1. The molecule has 0 saturated heterocycles. The number of aromatic nitrogens is 1. The normalized spacial score (nSPS) is 10.4. The Morgan fingerprint density at radius 2 is 2.20 bits per heavy atom. The van der Waals surface area contributed by atoms with Crippen LogP contribution < -0.4 is 11.5 Å². The molecule has 3 N–H and O–H groups in total. The van der Waals surface area contributed by atoms with E-state index in [1.54, 1.807) is 0 Å². The second kappa shape index (κ2) is 3.09. The quantitative estimate of drug-likeness (QED) is 0.676. The summed E-state index contributed by atoms with van der Waals surface area (Å²) in [6.07, 6.45) is 0.541. The molecular formula is C9H6N2O4. The second-order valence-corrected chi connectivity index (χ2v) is 2.94. The third-order valence-corrected chi connectivity index (χ3v) is 1.96. The first-order valence-corrected chi connectivity index (χ1v) is 4.03. The summed E-state index contributed by atoms with van der Waals surface area (Å²) in [5.74, 6) is -1.43. The number of amides is 1. The maximum Gasteiger partial charge on any atom is 0.417 e. The molecule has 2 aromatic rings. The van der Waals surface area contributed by atoms with Gasteiger partial charge in [0.25, 0.3) is 5.91 Å². The molecule has 6 nitrogen and oxygen atoms in total. The summed E-state index contributed by atoms with van der Waals surface area (Å²) in [6.45, 7) is 0. The summed E-state index contributed by atoms with van der Waals surface area (Å²) in [5.41, 5.74) is 5.72. The number of oxazole rings is 1. The summed E-state index contributed by atoms with van der Waals surface area (Å²) in [5, 5.41) is 0. The largest absolute Gasteiger partial charge is 0.417 e. The zero-order valence-electron chi connectivity index (χ0n) is 7.44. The Hall–Kier alpha value is -2.37. The minimum Gasteiger partial charge on any atom is -0.408 e. The van der Waals surface area contributed by atoms with Crippen LogP contribution in [-0.2, 0) is 0 Å². The molecule has 1 heterocycles. The highest BCUT2D eigenvalue weighted by atomic mass is 16.4. The number of hydrogen-bond donors (Lipinski definition) is 2. The summed E-state index contributed by atoms with van der Waals surface area (Å²) < 4.78 is 4.72. The van der Waals surface area contributed by atoms with Crippen LogP contribution in [0.2, 0.25) is 0 Å². The van der Waals surface area contributed by atoms with Gasteiger partial charge in [0.05, 0.1) is 11.1 Å². The maximum atomic E-state index is 11.0. The van der Waals surface area contributed by atoms with Gasteiger partial charge in [0.1, 0.15) is 6.29 Å². The van der Waals surface area contributed by atoms with E-state index in [9.17, 15) is 14.4 Å².